The molecule has 2 aliphatic rings. The molecule has 0 radical (unpaired) electrons. The summed E-state index contributed by atoms with van der Waals surface area (Å²) in [6, 6.07) is 0.593. The third-order valence-corrected chi connectivity index (χ3v) is 4.39. The fraction of sp³-hybridized carbons (Fsp3) is 0.929. The van der Waals surface area contributed by atoms with Gasteiger partial charge in [-0.15, -0.1) is 0 Å². The van der Waals surface area contributed by atoms with E-state index in [1.807, 2.05) is 4.90 Å². The smallest absolute Gasteiger partial charge is 0.239 e. The fourth-order valence-electron chi connectivity index (χ4n) is 3.31. The zero-order valence-corrected chi connectivity index (χ0v) is 11.8. The van der Waals surface area contributed by atoms with Gasteiger partial charge in [0, 0.05) is 25.2 Å². The molecule has 2 rings (SSSR count). The van der Waals surface area contributed by atoms with Gasteiger partial charge in [-0.2, -0.15) is 0 Å². The van der Waals surface area contributed by atoms with Gasteiger partial charge in [0.25, 0.3) is 0 Å². The van der Waals surface area contributed by atoms with Crippen LogP contribution in [0.3, 0.4) is 0 Å². The van der Waals surface area contributed by atoms with Gasteiger partial charge >= 0.3 is 0 Å². The third-order valence-electron chi connectivity index (χ3n) is 4.39. The Balaban J connectivity index is 1.98. The summed E-state index contributed by atoms with van der Waals surface area (Å²) in [5, 5.41) is 0. The second-order valence-electron chi connectivity index (χ2n) is 5.88. The van der Waals surface area contributed by atoms with Crippen molar-refractivity contribution in [1.29, 1.82) is 0 Å². The lowest BCUT2D eigenvalue weighted by Gasteiger charge is -2.48. The average Bonchev–Trinajstić information content (AvgIpc) is 2.37. The summed E-state index contributed by atoms with van der Waals surface area (Å²) >= 11 is 0. The number of hydrogen-bond acceptors (Lipinski definition) is 3. The SMILES string of the molecule is CCC[C@H](N)C(=O)N1CC2CCCCN2CC1C. The molecule has 0 bridgehead atoms. The molecule has 1 amide bonds. The first-order valence-electron chi connectivity index (χ1n) is 7.43. The molecular weight excluding hydrogens is 226 g/mol. The summed E-state index contributed by atoms with van der Waals surface area (Å²) in [4.78, 5) is 16.9. The molecule has 4 heteroatoms. The van der Waals surface area contributed by atoms with E-state index >= 15 is 0 Å². The zero-order chi connectivity index (χ0) is 13.1. The summed E-state index contributed by atoms with van der Waals surface area (Å²) in [6.45, 7) is 7.35. The summed E-state index contributed by atoms with van der Waals surface area (Å²) < 4.78 is 0. The number of nitrogens with two attached hydrogens (primary N) is 1. The summed E-state index contributed by atoms with van der Waals surface area (Å²) in [5.41, 5.74) is 5.98. The maximum absolute atomic E-state index is 12.4. The molecule has 2 heterocycles. The number of carbonyl (C=O) groups excluding carboxylic acids is 1. The Morgan fingerprint density at radius 3 is 2.89 bits per heavy atom. The number of piperazine rings is 1. The van der Waals surface area contributed by atoms with Crippen LogP contribution in [0.1, 0.15) is 46.0 Å². The zero-order valence-electron chi connectivity index (χ0n) is 11.8. The van der Waals surface area contributed by atoms with Crippen LogP contribution in [-0.4, -0.2) is 53.5 Å². The molecule has 2 fully saturated rings. The van der Waals surface area contributed by atoms with Gasteiger partial charge in [0.15, 0.2) is 0 Å². The van der Waals surface area contributed by atoms with Gasteiger partial charge in [0.1, 0.15) is 0 Å². The molecule has 4 nitrogen and oxygen atoms in total. The lowest BCUT2D eigenvalue weighted by molar-refractivity contribution is -0.139. The first-order valence-corrected chi connectivity index (χ1v) is 7.43. The molecule has 18 heavy (non-hydrogen) atoms. The van der Waals surface area contributed by atoms with E-state index in [0.717, 1.165) is 25.9 Å². The van der Waals surface area contributed by atoms with Crippen molar-refractivity contribution in [3.05, 3.63) is 0 Å². The topological polar surface area (TPSA) is 49.6 Å². The number of fused-ring (bicyclic) bond motifs is 1. The van der Waals surface area contributed by atoms with Gasteiger partial charge in [-0.3, -0.25) is 9.69 Å². The van der Waals surface area contributed by atoms with Crippen molar-refractivity contribution in [2.45, 2.75) is 64.1 Å². The lowest BCUT2D eigenvalue weighted by atomic mass is 9.96. The van der Waals surface area contributed by atoms with E-state index in [4.69, 9.17) is 5.73 Å². The number of piperidine rings is 1. The average molecular weight is 253 g/mol. The summed E-state index contributed by atoms with van der Waals surface area (Å²) in [6.07, 6.45) is 5.63. The van der Waals surface area contributed by atoms with Crippen LogP contribution in [0.5, 0.6) is 0 Å². The highest BCUT2D eigenvalue weighted by molar-refractivity contribution is 5.82. The van der Waals surface area contributed by atoms with Gasteiger partial charge in [0.05, 0.1) is 6.04 Å². The number of amides is 1. The van der Waals surface area contributed by atoms with Crippen molar-refractivity contribution in [3.63, 3.8) is 0 Å². The van der Waals surface area contributed by atoms with Crippen LogP contribution in [0.4, 0.5) is 0 Å². The molecule has 2 N–H and O–H groups in total. The predicted octanol–water partition coefficient (Wildman–Crippen LogP) is 1.20. The maximum atomic E-state index is 12.4. The molecule has 0 aromatic heterocycles. The molecule has 3 atom stereocenters. The molecular formula is C14H27N3O. The van der Waals surface area contributed by atoms with Crippen LogP contribution in [-0.2, 0) is 4.79 Å². The fourth-order valence-corrected chi connectivity index (χ4v) is 3.31. The van der Waals surface area contributed by atoms with Gasteiger partial charge in [-0.25, -0.2) is 0 Å². The number of rotatable bonds is 3. The molecule has 2 unspecified atom stereocenters. The van der Waals surface area contributed by atoms with E-state index in [-0.39, 0.29) is 11.9 Å². The molecule has 2 saturated heterocycles. The van der Waals surface area contributed by atoms with Crippen LogP contribution in [0.25, 0.3) is 0 Å². The molecule has 0 aliphatic carbocycles. The first kappa shape index (κ1) is 13.8. The van der Waals surface area contributed by atoms with Gasteiger partial charge in [-0.1, -0.05) is 19.8 Å². The maximum Gasteiger partial charge on any atom is 0.239 e. The predicted molar refractivity (Wildman–Crippen MR) is 73.3 cm³/mol. The Bertz CT molecular complexity index is 295. The van der Waals surface area contributed by atoms with Crippen LogP contribution in [0.2, 0.25) is 0 Å². The Hall–Kier alpha value is -0.610. The molecule has 0 aromatic carbocycles. The first-order chi connectivity index (χ1) is 8.63. The quantitative estimate of drug-likeness (QED) is 0.822. The van der Waals surface area contributed by atoms with Crippen molar-refractivity contribution < 1.29 is 4.79 Å². The lowest BCUT2D eigenvalue weighted by Crippen LogP contribution is -2.62. The number of carbonyl (C=O) groups is 1. The highest BCUT2D eigenvalue weighted by atomic mass is 16.2. The Morgan fingerprint density at radius 1 is 1.39 bits per heavy atom. The van der Waals surface area contributed by atoms with E-state index in [2.05, 4.69) is 18.7 Å². The summed E-state index contributed by atoms with van der Waals surface area (Å²) in [5.74, 6) is 0.162. The van der Waals surface area contributed by atoms with E-state index in [1.54, 1.807) is 0 Å². The molecule has 0 saturated carbocycles. The van der Waals surface area contributed by atoms with Crippen molar-refractivity contribution in [1.82, 2.24) is 9.80 Å². The van der Waals surface area contributed by atoms with Gasteiger partial charge < -0.3 is 10.6 Å². The largest absolute Gasteiger partial charge is 0.336 e. The summed E-state index contributed by atoms with van der Waals surface area (Å²) in [7, 11) is 0. The molecule has 0 aromatic rings. The van der Waals surface area contributed by atoms with Crippen molar-refractivity contribution in [2.75, 3.05) is 19.6 Å². The normalized spacial score (nSPS) is 30.9. The van der Waals surface area contributed by atoms with Gasteiger partial charge in [0.2, 0.25) is 5.91 Å². The molecule has 104 valence electrons. The molecule has 2 aliphatic heterocycles. The van der Waals surface area contributed by atoms with Crippen molar-refractivity contribution in [3.8, 4) is 0 Å². The molecule has 0 spiro atoms. The Labute approximate surface area is 110 Å². The van der Waals surface area contributed by atoms with E-state index in [1.165, 1.54) is 25.8 Å². The standard InChI is InChI=1S/C14H27N3O/c1-3-6-13(15)14(18)17-10-12-7-4-5-8-16(12)9-11(17)2/h11-13H,3-10,15H2,1-2H3/t11?,12?,13-/m0/s1. The van der Waals surface area contributed by atoms with E-state index < -0.39 is 0 Å². The Kier molecular flexibility index (Phi) is 4.62. The Morgan fingerprint density at radius 2 is 2.17 bits per heavy atom. The minimum atomic E-state index is -0.299. The highest BCUT2D eigenvalue weighted by Crippen LogP contribution is 2.24. The van der Waals surface area contributed by atoms with Gasteiger partial charge in [-0.05, 0) is 32.7 Å². The van der Waals surface area contributed by atoms with Crippen LogP contribution in [0.15, 0.2) is 0 Å². The monoisotopic (exact) mass is 253 g/mol. The second-order valence-corrected chi connectivity index (χ2v) is 5.88. The minimum Gasteiger partial charge on any atom is -0.336 e. The van der Waals surface area contributed by atoms with E-state index in [9.17, 15) is 4.79 Å². The van der Waals surface area contributed by atoms with E-state index in [0.29, 0.717) is 12.1 Å². The minimum absolute atomic E-state index is 0.162. The second kappa shape index (κ2) is 6.02. The van der Waals surface area contributed by atoms with Crippen molar-refractivity contribution in [2.24, 2.45) is 5.73 Å². The number of nitrogens with zero attached hydrogens (tertiary/aromatic N) is 2. The highest BCUT2D eigenvalue weighted by Gasteiger charge is 2.36. The number of hydrogen-bond donors (Lipinski definition) is 1. The van der Waals surface area contributed by atoms with Crippen LogP contribution >= 0.6 is 0 Å². The van der Waals surface area contributed by atoms with Crippen molar-refractivity contribution >= 4 is 5.91 Å². The third kappa shape index (κ3) is 2.86. The van der Waals surface area contributed by atoms with Crippen LogP contribution < -0.4 is 5.73 Å². The van der Waals surface area contributed by atoms with Crippen LogP contribution in [0, 0.1) is 0 Å².